The minimum atomic E-state index is -0.233. The molecule has 2 atom stereocenters. The predicted octanol–water partition coefficient (Wildman–Crippen LogP) is 4.05. The smallest absolute Gasteiger partial charge is 0.230 e. The number of carbonyl (C=O) groups is 2. The minimum Gasteiger partial charge on any atom is -0.326 e. The Hall–Kier alpha value is -2.62. The summed E-state index contributed by atoms with van der Waals surface area (Å²) in [5.74, 6) is -0.0640. The lowest BCUT2D eigenvalue weighted by molar-refractivity contribution is -0.123. The van der Waals surface area contributed by atoms with Crippen molar-refractivity contribution in [1.82, 2.24) is 0 Å². The molecule has 2 unspecified atom stereocenters. The Kier molecular flexibility index (Phi) is 4.88. The standard InChI is InChI=1S/C21H24N2O2/c1-14(2)15-9-11-16(12-10-15)22-20(24)18-13-19(18)21(25)23(3)17-7-5-4-6-8-17/h4-12,14,18-19H,13H2,1-3H3,(H,22,24). The molecule has 2 amide bonds. The Bertz CT molecular complexity index is 753. The van der Waals surface area contributed by atoms with Crippen molar-refractivity contribution in [3.8, 4) is 0 Å². The zero-order valence-corrected chi connectivity index (χ0v) is 14.9. The van der Waals surface area contributed by atoms with Crippen molar-refractivity contribution in [2.24, 2.45) is 11.8 Å². The van der Waals surface area contributed by atoms with Gasteiger partial charge in [-0.05, 0) is 42.2 Å². The molecule has 1 saturated carbocycles. The first-order valence-electron chi connectivity index (χ1n) is 8.71. The number of rotatable bonds is 5. The molecule has 0 radical (unpaired) electrons. The fraction of sp³-hybridized carbons (Fsp3) is 0.333. The van der Waals surface area contributed by atoms with Gasteiger partial charge in [-0.3, -0.25) is 9.59 Å². The number of carbonyl (C=O) groups excluding carboxylic acids is 2. The molecule has 1 aliphatic rings. The molecule has 1 fully saturated rings. The van der Waals surface area contributed by atoms with Crippen LogP contribution >= 0.6 is 0 Å². The summed E-state index contributed by atoms with van der Waals surface area (Å²) in [5.41, 5.74) is 2.87. The molecule has 1 aliphatic carbocycles. The van der Waals surface area contributed by atoms with E-state index >= 15 is 0 Å². The fourth-order valence-electron chi connectivity index (χ4n) is 2.97. The van der Waals surface area contributed by atoms with Crippen molar-refractivity contribution in [1.29, 1.82) is 0 Å². The summed E-state index contributed by atoms with van der Waals surface area (Å²) in [6.07, 6.45) is 0.617. The summed E-state index contributed by atoms with van der Waals surface area (Å²) in [6, 6.07) is 17.4. The Morgan fingerprint density at radius 3 is 2.24 bits per heavy atom. The Balaban J connectivity index is 1.57. The molecule has 25 heavy (non-hydrogen) atoms. The lowest BCUT2D eigenvalue weighted by Crippen LogP contribution is -2.29. The highest BCUT2D eigenvalue weighted by molar-refractivity contribution is 6.04. The molecular formula is C21H24N2O2. The summed E-state index contributed by atoms with van der Waals surface area (Å²) >= 11 is 0. The summed E-state index contributed by atoms with van der Waals surface area (Å²) in [6.45, 7) is 4.27. The second kappa shape index (κ2) is 7.09. The molecule has 3 rings (SSSR count). The van der Waals surface area contributed by atoms with Gasteiger partial charge in [0.1, 0.15) is 0 Å². The fourth-order valence-corrected chi connectivity index (χ4v) is 2.97. The molecule has 0 spiro atoms. The number of hydrogen-bond acceptors (Lipinski definition) is 2. The second-order valence-corrected chi connectivity index (χ2v) is 6.95. The third kappa shape index (κ3) is 3.90. The lowest BCUT2D eigenvalue weighted by atomic mass is 10.0. The summed E-state index contributed by atoms with van der Waals surface area (Å²) in [5, 5.41) is 2.92. The second-order valence-electron chi connectivity index (χ2n) is 6.95. The number of nitrogens with one attached hydrogen (secondary N) is 1. The van der Waals surface area contributed by atoms with Crippen LogP contribution in [0.5, 0.6) is 0 Å². The minimum absolute atomic E-state index is 0.00139. The summed E-state index contributed by atoms with van der Waals surface area (Å²) in [7, 11) is 1.76. The first-order valence-corrected chi connectivity index (χ1v) is 8.71. The van der Waals surface area contributed by atoms with Crippen LogP contribution < -0.4 is 10.2 Å². The van der Waals surface area contributed by atoms with Crippen molar-refractivity contribution < 1.29 is 9.59 Å². The van der Waals surface area contributed by atoms with Crippen molar-refractivity contribution in [3.63, 3.8) is 0 Å². The molecule has 1 N–H and O–H groups in total. The van der Waals surface area contributed by atoms with Gasteiger partial charge in [-0.25, -0.2) is 0 Å². The van der Waals surface area contributed by atoms with Crippen LogP contribution in [0.4, 0.5) is 11.4 Å². The van der Waals surface area contributed by atoms with Gasteiger partial charge >= 0.3 is 0 Å². The number of benzene rings is 2. The van der Waals surface area contributed by atoms with E-state index < -0.39 is 0 Å². The first-order chi connectivity index (χ1) is 12.0. The van der Waals surface area contributed by atoms with Gasteiger partial charge in [-0.2, -0.15) is 0 Å². The molecule has 4 nitrogen and oxygen atoms in total. The third-order valence-electron chi connectivity index (χ3n) is 4.76. The first kappa shape index (κ1) is 17.2. The van der Waals surface area contributed by atoms with E-state index in [0.717, 1.165) is 11.4 Å². The third-order valence-corrected chi connectivity index (χ3v) is 4.76. The van der Waals surface area contributed by atoms with Gasteiger partial charge in [0.2, 0.25) is 11.8 Å². The molecule has 0 bridgehead atoms. The van der Waals surface area contributed by atoms with E-state index in [-0.39, 0.29) is 23.7 Å². The van der Waals surface area contributed by atoms with Crippen LogP contribution in [0, 0.1) is 11.8 Å². The van der Waals surface area contributed by atoms with E-state index in [1.54, 1.807) is 11.9 Å². The van der Waals surface area contributed by atoms with Gasteiger partial charge in [-0.1, -0.05) is 44.2 Å². The van der Waals surface area contributed by atoms with Crippen molar-refractivity contribution in [2.45, 2.75) is 26.2 Å². The molecule has 2 aromatic rings. The maximum absolute atomic E-state index is 12.5. The molecule has 0 aliphatic heterocycles. The quantitative estimate of drug-likeness (QED) is 0.895. The molecule has 0 heterocycles. The van der Waals surface area contributed by atoms with Gasteiger partial charge in [0.25, 0.3) is 0 Å². The highest BCUT2D eigenvalue weighted by Gasteiger charge is 2.49. The number of nitrogens with zero attached hydrogens (tertiary/aromatic N) is 1. The number of anilines is 2. The van der Waals surface area contributed by atoms with E-state index in [1.807, 2.05) is 54.6 Å². The average molecular weight is 336 g/mol. The molecular weight excluding hydrogens is 312 g/mol. The Morgan fingerprint density at radius 1 is 1.00 bits per heavy atom. The topological polar surface area (TPSA) is 49.4 Å². The average Bonchev–Trinajstić information content (AvgIpc) is 3.42. The number of hydrogen-bond donors (Lipinski definition) is 1. The van der Waals surface area contributed by atoms with Crippen LogP contribution in [0.1, 0.15) is 31.7 Å². The van der Waals surface area contributed by atoms with Crippen LogP contribution in [-0.2, 0) is 9.59 Å². The molecule has 130 valence electrons. The molecule has 0 aromatic heterocycles. The zero-order valence-electron chi connectivity index (χ0n) is 14.9. The van der Waals surface area contributed by atoms with Crippen molar-refractivity contribution in [3.05, 3.63) is 60.2 Å². The van der Waals surface area contributed by atoms with E-state index in [1.165, 1.54) is 5.56 Å². The van der Waals surface area contributed by atoms with Gasteiger partial charge in [0.05, 0.1) is 11.8 Å². The number of amides is 2. The largest absolute Gasteiger partial charge is 0.326 e. The van der Waals surface area contributed by atoms with Crippen LogP contribution in [0.25, 0.3) is 0 Å². The van der Waals surface area contributed by atoms with Crippen LogP contribution in [-0.4, -0.2) is 18.9 Å². The van der Waals surface area contributed by atoms with Gasteiger partial charge in [0, 0.05) is 18.4 Å². The highest BCUT2D eigenvalue weighted by Crippen LogP contribution is 2.41. The zero-order chi connectivity index (χ0) is 18.0. The van der Waals surface area contributed by atoms with E-state index in [4.69, 9.17) is 0 Å². The predicted molar refractivity (Wildman–Crippen MR) is 101 cm³/mol. The number of para-hydroxylation sites is 1. The van der Waals surface area contributed by atoms with E-state index in [0.29, 0.717) is 12.3 Å². The molecule has 0 saturated heterocycles. The maximum atomic E-state index is 12.5. The molecule has 4 heteroatoms. The normalized spacial score (nSPS) is 18.7. The summed E-state index contributed by atoms with van der Waals surface area (Å²) in [4.78, 5) is 26.6. The Morgan fingerprint density at radius 2 is 1.64 bits per heavy atom. The Labute approximate surface area is 148 Å². The van der Waals surface area contributed by atoms with Gasteiger partial charge < -0.3 is 10.2 Å². The van der Waals surface area contributed by atoms with Crippen molar-refractivity contribution >= 4 is 23.2 Å². The van der Waals surface area contributed by atoms with E-state index in [9.17, 15) is 9.59 Å². The van der Waals surface area contributed by atoms with Crippen molar-refractivity contribution in [2.75, 3.05) is 17.3 Å². The molecule has 2 aromatic carbocycles. The summed E-state index contributed by atoms with van der Waals surface area (Å²) < 4.78 is 0. The SMILES string of the molecule is CC(C)c1ccc(NC(=O)C2CC2C(=O)N(C)c2ccccc2)cc1. The van der Waals surface area contributed by atoms with Gasteiger partial charge in [-0.15, -0.1) is 0 Å². The van der Waals surface area contributed by atoms with Crippen LogP contribution in [0.15, 0.2) is 54.6 Å². The van der Waals surface area contributed by atoms with E-state index in [2.05, 4.69) is 19.2 Å². The van der Waals surface area contributed by atoms with Gasteiger partial charge in [0.15, 0.2) is 0 Å². The van der Waals surface area contributed by atoms with Crippen LogP contribution in [0.2, 0.25) is 0 Å². The monoisotopic (exact) mass is 336 g/mol. The maximum Gasteiger partial charge on any atom is 0.230 e. The van der Waals surface area contributed by atoms with Crippen LogP contribution in [0.3, 0.4) is 0 Å². The highest BCUT2D eigenvalue weighted by atomic mass is 16.2. The lowest BCUT2D eigenvalue weighted by Gasteiger charge is -2.17.